The molecule has 1 amide bonds. The van der Waals surface area contributed by atoms with Gasteiger partial charge in [-0.2, -0.15) is 0 Å². The van der Waals surface area contributed by atoms with E-state index in [4.69, 9.17) is 5.11 Å². The van der Waals surface area contributed by atoms with Crippen molar-refractivity contribution in [1.82, 2.24) is 5.32 Å². The lowest BCUT2D eigenvalue weighted by Crippen LogP contribution is -2.46. The molecule has 5 nitrogen and oxygen atoms in total. The van der Waals surface area contributed by atoms with Crippen molar-refractivity contribution in [3.05, 3.63) is 35.4 Å². The SMILES string of the molecule is Cc1ccccc1C(C)CC(=O)NCC(C)(O)C(=O)O. The zero-order valence-corrected chi connectivity index (χ0v) is 12.0. The van der Waals surface area contributed by atoms with Crippen molar-refractivity contribution >= 4 is 11.9 Å². The topological polar surface area (TPSA) is 86.6 Å². The first-order chi connectivity index (χ1) is 9.24. The van der Waals surface area contributed by atoms with Crippen LogP contribution < -0.4 is 5.32 Å². The van der Waals surface area contributed by atoms with Gasteiger partial charge in [-0.1, -0.05) is 31.2 Å². The molecule has 0 aliphatic rings. The average molecular weight is 279 g/mol. The molecular formula is C15H21NO4. The van der Waals surface area contributed by atoms with Crippen LogP contribution in [0.4, 0.5) is 0 Å². The summed E-state index contributed by atoms with van der Waals surface area (Å²) in [7, 11) is 0. The molecule has 0 heterocycles. The molecule has 20 heavy (non-hydrogen) atoms. The summed E-state index contributed by atoms with van der Waals surface area (Å²) in [5.41, 5.74) is 0.264. The first kappa shape index (κ1) is 16.2. The summed E-state index contributed by atoms with van der Waals surface area (Å²) in [6.07, 6.45) is 0.251. The summed E-state index contributed by atoms with van der Waals surface area (Å²) in [5.74, 6) is -1.60. The molecule has 0 saturated carbocycles. The monoisotopic (exact) mass is 279 g/mol. The van der Waals surface area contributed by atoms with Crippen molar-refractivity contribution in [3.8, 4) is 0 Å². The van der Waals surface area contributed by atoms with Crippen molar-refractivity contribution in [2.24, 2.45) is 0 Å². The number of amides is 1. The van der Waals surface area contributed by atoms with E-state index >= 15 is 0 Å². The van der Waals surface area contributed by atoms with Crippen molar-refractivity contribution < 1.29 is 19.8 Å². The zero-order valence-electron chi connectivity index (χ0n) is 12.0. The molecule has 0 aromatic heterocycles. The first-order valence-electron chi connectivity index (χ1n) is 6.52. The Bertz CT molecular complexity index is 496. The summed E-state index contributed by atoms with van der Waals surface area (Å²) in [6.45, 7) is 4.78. The Hall–Kier alpha value is -1.88. The Balaban J connectivity index is 2.55. The van der Waals surface area contributed by atoms with E-state index in [2.05, 4.69) is 5.32 Å². The van der Waals surface area contributed by atoms with Crippen LogP contribution in [0, 0.1) is 6.92 Å². The van der Waals surface area contributed by atoms with Crippen molar-refractivity contribution in [2.75, 3.05) is 6.54 Å². The number of benzene rings is 1. The Labute approximate surface area is 118 Å². The van der Waals surface area contributed by atoms with Gasteiger partial charge >= 0.3 is 5.97 Å². The van der Waals surface area contributed by atoms with Gasteiger partial charge in [0.25, 0.3) is 0 Å². The van der Waals surface area contributed by atoms with Crippen LogP contribution in [0.2, 0.25) is 0 Å². The van der Waals surface area contributed by atoms with Crippen LogP contribution in [0.3, 0.4) is 0 Å². The maximum atomic E-state index is 11.8. The molecule has 0 radical (unpaired) electrons. The number of carboxylic acids is 1. The van der Waals surface area contributed by atoms with E-state index in [1.165, 1.54) is 0 Å². The van der Waals surface area contributed by atoms with Gasteiger partial charge in [0.05, 0.1) is 6.54 Å². The second-order valence-corrected chi connectivity index (χ2v) is 5.32. The minimum atomic E-state index is -1.94. The summed E-state index contributed by atoms with van der Waals surface area (Å²) in [5, 5.41) is 20.7. The van der Waals surface area contributed by atoms with E-state index in [-0.39, 0.29) is 24.8 Å². The highest BCUT2D eigenvalue weighted by Crippen LogP contribution is 2.22. The van der Waals surface area contributed by atoms with Gasteiger partial charge in [0.1, 0.15) is 0 Å². The summed E-state index contributed by atoms with van der Waals surface area (Å²) >= 11 is 0. The summed E-state index contributed by atoms with van der Waals surface area (Å²) in [4.78, 5) is 22.5. The van der Waals surface area contributed by atoms with E-state index in [0.29, 0.717) is 0 Å². The van der Waals surface area contributed by atoms with E-state index in [1.54, 1.807) is 0 Å². The van der Waals surface area contributed by atoms with Crippen molar-refractivity contribution in [2.45, 2.75) is 38.7 Å². The molecule has 0 spiro atoms. The number of rotatable bonds is 6. The van der Waals surface area contributed by atoms with Gasteiger partial charge in [0.2, 0.25) is 5.91 Å². The number of carbonyl (C=O) groups is 2. The highest BCUT2D eigenvalue weighted by molar-refractivity contribution is 5.80. The van der Waals surface area contributed by atoms with Crippen molar-refractivity contribution in [3.63, 3.8) is 0 Å². The third-order valence-electron chi connectivity index (χ3n) is 3.30. The first-order valence-corrected chi connectivity index (χ1v) is 6.52. The quantitative estimate of drug-likeness (QED) is 0.735. The van der Waals surface area contributed by atoms with Crippen molar-refractivity contribution in [1.29, 1.82) is 0 Å². The van der Waals surface area contributed by atoms with Gasteiger partial charge in [-0.25, -0.2) is 4.79 Å². The minimum Gasteiger partial charge on any atom is -0.479 e. The van der Waals surface area contributed by atoms with Gasteiger partial charge < -0.3 is 15.5 Å². The van der Waals surface area contributed by atoms with Crippen LogP contribution >= 0.6 is 0 Å². The molecule has 1 aromatic rings. The van der Waals surface area contributed by atoms with Crippen LogP contribution in [-0.2, 0) is 9.59 Å². The van der Waals surface area contributed by atoms with Crippen LogP contribution in [0.1, 0.15) is 37.3 Å². The number of carbonyl (C=O) groups excluding carboxylic acids is 1. The normalized spacial score (nSPS) is 15.2. The highest BCUT2D eigenvalue weighted by atomic mass is 16.4. The molecule has 0 aliphatic carbocycles. The van der Waals surface area contributed by atoms with Gasteiger partial charge in [0, 0.05) is 6.42 Å². The lowest BCUT2D eigenvalue weighted by atomic mass is 9.93. The van der Waals surface area contributed by atoms with Gasteiger partial charge in [-0.05, 0) is 30.9 Å². The lowest BCUT2D eigenvalue weighted by molar-refractivity contribution is -0.156. The smallest absolute Gasteiger partial charge is 0.337 e. The third-order valence-corrected chi connectivity index (χ3v) is 3.30. The molecule has 0 bridgehead atoms. The standard InChI is InChI=1S/C15H21NO4/c1-10-6-4-5-7-12(10)11(2)8-13(17)16-9-15(3,20)14(18)19/h4-7,11,20H,8-9H2,1-3H3,(H,16,17)(H,18,19). The number of nitrogens with one attached hydrogen (secondary N) is 1. The van der Waals surface area contributed by atoms with E-state index < -0.39 is 11.6 Å². The molecule has 2 unspecified atom stereocenters. The number of carboxylic acid groups (broad SMARTS) is 1. The third kappa shape index (κ3) is 4.35. The number of aliphatic hydroxyl groups is 1. The van der Waals surface area contributed by atoms with Gasteiger partial charge in [-0.15, -0.1) is 0 Å². The summed E-state index contributed by atoms with van der Waals surface area (Å²) in [6, 6.07) is 7.82. The largest absolute Gasteiger partial charge is 0.479 e. The molecule has 0 aliphatic heterocycles. The molecule has 0 saturated heterocycles. The molecule has 2 atom stereocenters. The highest BCUT2D eigenvalue weighted by Gasteiger charge is 2.30. The Morgan fingerprint density at radius 2 is 1.95 bits per heavy atom. The summed E-state index contributed by atoms with van der Waals surface area (Å²) < 4.78 is 0. The lowest BCUT2D eigenvalue weighted by Gasteiger charge is -2.19. The minimum absolute atomic E-state index is 0.0333. The Morgan fingerprint density at radius 3 is 2.50 bits per heavy atom. The molecule has 1 aromatic carbocycles. The fraction of sp³-hybridized carbons (Fsp3) is 0.467. The van der Waals surface area contributed by atoms with Crippen LogP contribution in [0.25, 0.3) is 0 Å². The van der Waals surface area contributed by atoms with E-state index in [1.807, 2.05) is 38.1 Å². The van der Waals surface area contributed by atoms with Gasteiger partial charge in [0.15, 0.2) is 5.60 Å². The van der Waals surface area contributed by atoms with Crippen LogP contribution in [-0.4, -0.2) is 34.2 Å². The van der Waals surface area contributed by atoms with E-state index in [0.717, 1.165) is 18.1 Å². The zero-order chi connectivity index (χ0) is 15.3. The van der Waals surface area contributed by atoms with Crippen LogP contribution in [0.15, 0.2) is 24.3 Å². The number of hydrogen-bond donors (Lipinski definition) is 3. The molecule has 0 fully saturated rings. The van der Waals surface area contributed by atoms with Crippen LogP contribution in [0.5, 0.6) is 0 Å². The molecule has 3 N–H and O–H groups in total. The Morgan fingerprint density at radius 1 is 1.35 bits per heavy atom. The molecule has 5 heteroatoms. The maximum Gasteiger partial charge on any atom is 0.337 e. The fourth-order valence-corrected chi connectivity index (χ4v) is 1.95. The maximum absolute atomic E-state index is 11.8. The number of hydrogen-bond acceptors (Lipinski definition) is 3. The molecule has 110 valence electrons. The Kier molecular flexibility index (Phi) is 5.27. The average Bonchev–Trinajstić information content (AvgIpc) is 2.36. The predicted octanol–water partition coefficient (Wildman–Crippen LogP) is 1.44. The second kappa shape index (κ2) is 6.52. The van der Waals surface area contributed by atoms with E-state index in [9.17, 15) is 14.7 Å². The predicted molar refractivity (Wildman–Crippen MR) is 75.5 cm³/mol. The van der Waals surface area contributed by atoms with Gasteiger partial charge in [-0.3, -0.25) is 4.79 Å². The second-order valence-electron chi connectivity index (χ2n) is 5.32. The molecular weight excluding hydrogens is 258 g/mol. The fourth-order valence-electron chi connectivity index (χ4n) is 1.95. The number of aryl methyl sites for hydroxylation is 1. The number of aliphatic carboxylic acids is 1. The molecule has 1 rings (SSSR count).